The van der Waals surface area contributed by atoms with Crippen LogP contribution >= 0.6 is 0 Å². The monoisotopic (exact) mass is 271 g/mol. The third-order valence-corrected chi connectivity index (χ3v) is 3.27. The van der Waals surface area contributed by atoms with Gasteiger partial charge in [0.1, 0.15) is 11.6 Å². The maximum atomic E-state index is 13.3. The maximum absolute atomic E-state index is 13.3. The second kappa shape index (κ2) is 6.10. The molecule has 1 unspecified atom stereocenters. The topological polar surface area (TPSA) is 29.5 Å². The quantitative estimate of drug-likeness (QED) is 0.771. The Hall–Kier alpha value is -1.49. The van der Waals surface area contributed by atoms with Gasteiger partial charge in [-0.1, -0.05) is 0 Å². The summed E-state index contributed by atoms with van der Waals surface area (Å²) in [6, 6.07) is 3.29. The van der Waals surface area contributed by atoms with Gasteiger partial charge in [-0.2, -0.15) is 0 Å². The molecule has 0 bridgehead atoms. The SMILES string of the molecule is CCOC(=O)CC(C)(c1cc(F)cc(F)c1)N(C)C. The molecule has 0 aliphatic rings. The van der Waals surface area contributed by atoms with Gasteiger partial charge in [-0.15, -0.1) is 0 Å². The molecule has 0 heterocycles. The number of hydrogen-bond donors (Lipinski definition) is 0. The molecule has 0 spiro atoms. The van der Waals surface area contributed by atoms with Crippen LogP contribution in [0.2, 0.25) is 0 Å². The molecule has 1 rings (SSSR count). The minimum absolute atomic E-state index is 0.0245. The van der Waals surface area contributed by atoms with Crippen LogP contribution in [0, 0.1) is 11.6 Å². The van der Waals surface area contributed by atoms with Gasteiger partial charge in [-0.3, -0.25) is 9.69 Å². The number of carbonyl (C=O) groups is 1. The number of carbonyl (C=O) groups excluding carboxylic acids is 1. The van der Waals surface area contributed by atoms with Gasteiger partial charge in [0.15, 0.2) is 0 Å². The first-order valence-corrected chi connectivity index (χ1v) is 6.09. The minimum Gasteiger partial charge on any atom is -0.466 e. The molecule has 0 aromatic heterocycles. The van der Waals surface area contributed by atoms with Gasteiger partial charge in [-0.05, 0) is 45.6 Å². The Morgan fingerprint density at radius 1 is 1.26 bits per heavy atom. The molecule has 0 radical (unpaired) electrons. The van der Waals surface area contributed by atoms with Crippen molar-refractivity contribution in [1.82, 2.24) is 4.90 Å². The molecule has 5 heteroatoms. The average Bonchev–Trinajstić information content (AvgIpc) is 2.27. The zero-order valence-electron chi connectivity index (χ0n) is 11.7. The first-order valence-electron chi connectivity index (χ1n) is 6.09. The van der Waals surface area contributed by atoms with Crippen molar-refractivity contribution in [3.8, 4) is 0 Å². The molecule has 0 fully saturated rings. The Labute approximate surface area is 112 Å². The lowest BCUT2D eigenvalue weighted by atomic mass is 9.87. The van der Waals surface area contributed by atoms with Crippen molar-refractivity contribution in [1.29, 1.82) is 0 Å². The molecular weight excluding hydrogens is 252 g/mol. The van der Waals surface area contributed by atoms with E-state index < -0.39 is 23.1 Å². The van der Waals surface area contributed by atoms with E-state index in [2.05, 4.69) is 0 Å². The number of halogens is 2. The number of benzene rings is 1. The fourth-order valence-corrected chi connectivity index (χ4v) is 1.88. The van der Waals surface area contributed by atoms with Crippen molar-refractivity contribution in [2.75, 3.05) is 20.7 Å². The maximum Gasteiger partial charge on any atom is 0.307 e. The second-order valence-corrected chi connectivity index (χ2v) is 4.81. The van der Waals surface area contributed by atoms with Gasteiger partial charge in [0.05, 0.1) is 18.6 Å². The van der Waals surface area contributed by atoms with Crippen LogP contribution < -0.4 is 0 Å². The van der Waals surface area contributed by atoms with Crippen molar-refractivity contribution in [3.05, 3.63) is 35.4 Å². The van der Waals surface area contributed by atoms with Gasteiger partial charge in [0.2, 0.25) is 0 Å². The number of hydrogen-bond acceptors (Lipinski definition) is 3. The zero-order chi connectivity index (χ0) is 14.6. The average molecular weight is 271 g/mol. The highest BCUT2D eigenvalue weighted by molar-refractivity contribution is 5.71. The van der Waals surface area contributed by atoms with Crippen molar-refractivity contribution >= 4 is 5.97 Å². The van der Waals surface area contributed by atoms with Gasteiger partial charge in [0, 0.05) is 6.07 Å². The molecular formula is C14H19F2NO2. The number of esters is 1. The lowest BCUT2D eigenvalue weighted by molar-refractivity contribution is -0.146. The summed E-state index contributed by atoms with van der Waals surface area (Å²) in [4.78, 5) is 13.4. The van der Waals surface area contributed by atoms with E-state index in [0.29, 0.717) is 5.56 Å². The number of nitrogens with zero attached hydrogens (tertiary/aromatic N) is 1. The summed E-state index contributed by atoms with van der Waals surface area (Å²) in [7, 11) is 3.50. The summed E-state index contributed by atoms with van der Waals surface area (Å²) in [6.45, 7) is 3.74. The standard InChI is InChI=1S/C14H19F2NO2/c1-5-19-13(18)9-14(2,17(3)4)10-6-11(15)8-12(16)7-10/h6-8H,5,9H2,1-4H3. The molecule has 0 N–H and O–H groups in total. The minimum atomic E-state index is -0.824. The van der Waals surface area contributed by atoms with Crippen molar-refractivity contribution in [2.24, 2.45) is 0 Å². The highest BCUT2D eigenvalue weighted by Crippen LogP contribution is 2.31. The zero-order valence-corrected chi connectivity index (χ0v) is 11.7. The van der Waals surface area contributed by atoms with E-state index in [4.69, 9.17) is 4.74 Å². The second-order valence-electron chi connectivity index (χ2n) is 4.81. The third-order valence-electron chi connectivity index (χ3n) is 3.27. The van der Waals surface area contributed by atoms with E-state index in [-0.39, 0.29) is 13.0 Å². The van der Waals surface area contributed by atoms with Gasteiger partial charge in [-0.25, -0.2) is 8.78 Å². The molecule has 1 aromatic carbocycles. The molecule has 1 aromatic rings. The molecule has 3 nitrogen and oxygen atoms in total. The van der Waals surface area contributed by atoms with Crippen LogP contribution in [0.15, 0.2) is 18.2 Å². The molecule has 106 valence electrons. The third kappa shape index (κ3) is 3.73. The van der Waals surface area contributed by atoms with Gasteiger partial charge in [0.25, 0.3) is 0 Å². The van der Waals surface area contributed by atoms with E-state index in [9.17, 15) is 13.6 Å². The van der Waals surface area contributed by atoms with E-state index >= 15 is 0 Å². The van der Waals surface area contributed by atoms with E-state index in [1.807, 2.05) is 0 Å². The lowest BCUT2D eigenvalue weighted by Crippen LogP contribution is -2.41. The first kappa shape index (κ1) is 15.6. The predicted octanol–water partition coefficient (Wildman–Crippen LogP) is 2.69. The van der Waals surface area contributed by atoms with E-state index in [0.717, 1.165) is 6.07 Å². The molecule has 0 amide bonds. The summed E-state index contributed by atoms with van der Waals surface area (Å²) < 4.78 is 31.6. The smallest absolute Gasteiger partial charge is 0.307 e. The Bertz CT molecular complexity index is 443. The molecule has 0 saturated heterocycles. The Morgan fingerprint density at radius 2 is 1.79 bits per heavy atom. The van der Waals surface area contributed by atoms with Crippen molar-refractivity contribution in [2.45, 2.75) is 25.8 Å². The largest absolute Gasteiger partial charge is 0.466 e. The van der Waals surface area contributed by atoms with Crippen LogP contribution in [0.3, 0.4) is 0 Å². The normalized spacial score (nSPS) is 14.3. The van der Waals surface area contributed by atoms with Gasteiger partial charge >= 0.3 is 5.97 Å². The van der Waals surface area contributed by atoms with E-state index in [1.54, 1.807) is 32.8 Å². The van der Waals surface area contributed by atoms with Crippen LogP contribution in [0.1, 0.15) is 25.8 Å². The van der Waals surface area contributed by atoms with Crippen LogP contribution in [-0.2, 0) is 15.1 Å². The van der Waals surface area contributed by atoms with Crippen LogP contribution in [0.5, 0.6) is 0 Å². The van der Waals surface area contributed by atoms with Crippen molar-refractivity contribution in [3.63, 3.8) is 0 Å². The van der Waals surface area contributed by atoms with E-state index in [1.165, 1.54) is 12.1 Å². The lowest BCUT2D eigenvalue weighted by Gasteiger charge is -2.36. The summed E-state index contributed by atoms with van der Waals surface area (Å²) in [5.74, 6) is -1.72. The molecule has 19 heavy (non-hydrogen) atoms. The molecule has 0 saturated carbocycles. The fraction of sp³-hybridized carbons (Fsp3) is 0.500. The molecule has 1 atom stereocenters. The summed E-state index contributed by atoms with van der Waals surface area (Å²) >= 11 is 0. The van der Waals surface area contributed by atoms with Crippen LogP contribution in [-0.4, -0.2) is 31.6 Å². The summed E-state index contributed by atoms with van der Waals surface area (Å²) in [5.41, 5.74) is -0.419. The van der Waals surface area contributed by atoms with Crippen LogP contribution in [0.4, 0.5) is 8.78 Å². The fourth-order valence-electron chi connectivity index (χ4n) is 1.88. The Balaban J connectivity index is 3.14. The first-order chi connectivity index (χ1) is 8.79. The van der Waals surface area contributed by atoms with Crippen molar-refractivity contribution < 1.29 is 18.3 Å². The Morgan fingerprint density at radius 3 is 2.21 bits per heavy atom. The highest BCUT2D eigenvalue weighted by Gasteiger charge is 2.33. The van der Waals surface area contributed by atoms with Gasteiger partial charge < -0.3 is 4.74 Å². The Kier molecular flexibility index (Phi) is 5.00. The number of ether oxygens (including phenoxy) is 1. The van der Waals surface area contributed by atoms with Crippen LogP contribution in [0.25, 0.3) is 0 Å². The molecule has 0 aliphatic carbocycles. The molecule has 0 aliphatic heterocycles. The highest BCUT2D eigenvalue weighted by atomic mass is 19.1. The summed E-state index contributed by atoms with van der Waals surface area (Å²) in [5, 5.41) is 0. The number of rotatable bonds is 5. The predicted molar refractivity (Wildman–Crippen MR) is 68.6 cm³/mol. The summed E-state index contributed by atoms with van der Waals surface area (Å²) in [6.07, 6.45) is 0.0245.